The van der Waals surface area contributed by atoms with Crippen molar-refractivity contribution in [2.45, 2.75) is 9.79 Å². The van der Waals surface area contributed by atoms with Gasteiger partial charge in [0.15, 0.2) is 5.75 Å². The lowest BCUT2D eigenvalue weighted by molar-refractivity contribution is 0.336. The molecule has 1 aromatic carbocycles. The van der Waals surface area contributed by atoms with E-state index < -0.39 is 41.5 Å². The molecule has 1 rings (SSSR count). The van der Waals surface area contributed by atoms with Crippen LogP contribution in [0.3, 0.4) is 0 Å². The highest BCUT2D eigenvalue weighted by atomic mass is 32.2. The number of ether oxygens (including phenoxy) is 1. The summed E-state index contributed by atoms with van der Waals surface area (Å²) in [6.45, 7) is 0.791. The molecule has 0 atom stereocenters. The summed E-state index contributed by atoms with van der Waals surface area (Å²) in [5.41, 5.74) is 0. The Hall–Kier alpha value is -1.69. The summed E-state index contributed by atoms with van der Waals surface area (Å²) in [7, 11) is -9.86. The van der Waals surface area contributed by atoms with Crippen LogP contribution in [-0.2, 0) is 30.1 Å². The van der Waals surface area contributed by atoms with Crippen molar-refractivity contribution in [1.29, 1.82) is 0 Å². The standard InChI is InChI=1S/C7H4O9S2/c8-3-16-5-2-6(17(10,11)12)4(9)1-7(5)18(13,14)15/h1-2H,(H,10,11,12)(H,13,14,15). The van der Waals surface area contributed by atoms with Gasteiger partial charge in [-0.3, -0.25) is 14.2 Å². The molecule has 0 amide bonds. The molecule has 2 radical (unpaired) electrons. The number of rotatable bonds is 4. The number of hydrogen-bond acceptors (Lipinski definition) is 6. The monoisotopic (exact) mass is 296 g/mol. The Balaban J connectivity index is 3.70. The summed E-state index contributed by atoms with van der Waals surface area (Å²) in [4.78, 5) is 7.66. The Kier molecular flexibility index (Phi) is 3.62. The fraction of sp³-hybridized carbons (Fsp3) is 0. The van der Waals surface area contributed by atoms with Gasteiger partial charge in [0, 0.05) is 12.1 Å². The van der Waals surface area contributed by atoms with Crippen LogP contribution < -0.4 is 4.74 Å². The van der Waals surface area contributed by atoms with Gasteiger partial charge in [-0.1, -0.05) is 0 Å². The molecule has 0 heterocycles. The van der Waals surface area contributed by atoms with Gasteiger partial charge in [-0.15, -0.1) is 0 Å². The number of hydrogen-bond donors (Lipinski definition) is 2. The minimum absolute atomic E-state index is 0.186. The van der Waals surface area contributed by atoms with Crippen LogP contribution in [0.25, 0.3) is 0 Å². The molecule has 0 saturated heterocycles. The summed E-state index contributed by atoms with van der Waals surface area (Å²) in [5, 5.41) is 11.2. The second kappa shape index (κ2) is 4.53. The molecule has 11 heteroatoms. The van der Waals surface area contributed by atoms with Gasteiger partial charge in [0.05, 0.1) is 0 Å². The fourth-order valence-electron chi connectivity index (χ4n) is 1.05. The first-order valence-corrected chi connectivity index (χ1v) is 6.79. The van der Waals surface area contributed by atoms with E-state index in [1.54, 1.807) is 0 Å². The highest BCUT2D eigenvalue weighted by Gasteiger charge is 2.26. The average molecular weight is 296 g/mol. The second-order valence-corrected chi connectivity index (χ2v) is 5.66. The van der Waals surface area contributed by atoms with Crippen molar-refractivity contribution >= 4 is 26.7 Å². The minimum Gasteiger partial charge on any atom is -0.417 e. The maximum absolute atomic E-state index is 11.2. The highest BCUT2D eigenvalue weighted by Crippen LogP contribution is 2.34. The van der Waals surface area contributed by atoms with Gasteiger partial charge in [-0.25, -0.2) is 4.79 Å². The Bertz CT molecular complexity index is 686. The quantitative estimate of drug-likeness (QED) is 0.721. The van der Waals surface area contributed by atoms with E-state index in [1.807, 2.05) is 0 Å². The van der Waals surface area contributed by atoms with Gasteiger partial charge < -0.3 is 4.74 Å². The molecule has 18 heavy (non-hydrogen) atoms. The first kappa shape index (κ1) is 14.4. The van der Waals surface area contributed by atoms with Crippen LogP contribution in [0, 0.1) is 0 Å². The Morgan fingerprint density at radius 1 is 1.00 bits per heavy atom. The van der Waals surface area contributed by atoms with Crippen LogP contribution in [0.5, 0.6) is 11.5 Å². The van der Waals surface area contributed by atoms with Crippen molar-refractivity contribution in [3.05, 3.63) is 12.1 Å². The summed E-state index contributed by atoms with van der Waals surface area (Å²) in [6.07, 6.45) is 0. The number of carbonyl (C=O) groups excluding carboxylic acids is 1. The van der Waals surface area contributed by atoms with E-state index in [2.05, 4.69) is 4.74 Å². The predicted octanol–water partition coefficient (Wildman–Crippen LogP) is -0.230. The lowest BCUT2D eigenvalue weighted by Crippen LogP contribution is -2.06. The Morgan fingerprint density at radius 3 is 1.89 bits per heavy atom. The SMILES string of the molecule is [O]c1cc(S(=O)(=O)O)c(O[C]=O)cc1S(=O)(=O)O. The summed E-state index contributed by atoms with van der Waals surface area (Å²) >= 11 is 0. The molecule has 0 bridgehead atoms. The third-order valence-electron chi connectivity index (χ3n) is 1.72. The molecule has 0 aliphatic carbocycles. The van der Waals surface area contributed by atoms with Crippen LogP contribution in [0.1, 0.15) is 0 Å². The van der Waals surface area contributed by atoms with Crippen LogP contribution in [-0.4, -0.2) is 32.4 Å². The van der Waals surface area contributed by atoms with Crippen molar-refractivity contribution in [1.82, 2.24) is 0 Å². The molecule has 0 aromatic heterocycles. The maximum Gasteiger partial charge on any atom is 0.423 e. The van der Waals surface area contributed by atoms with E-state index in [-0.39, 0.29) is 12.1 Å². The molecule has 2 N–H and O–H groups in total. The zero-order valence-electron chi connectivity index (χ0n) is 8.22. The van der Waals surface area contributed by atoms with Gasteiger partial charge in [-0.05, 0) is 0 Å². The van der Waals surface area contributed by atoms with E-state index in [4.69, 9.17) is 9.11 Å². The van der Waals surface area contributed by atoms with Gasteiger partial charge >= 0.3 is 6.47 Å². The molecule has 0 spiro atoms. The van der Waals surface area contributed by atoms with E-state index in [9.17, 15) is 26.7 Å². The predicted molar refractivity (Wildman–Crippen MR) is 52.5 cm³/mol. The van der Waals surface area contributed by atoms with Crippen LogP contribution >= 0.6 is 0 Å². The molecule has 0 aliphatic heterocycles. The van der Waals surface area contributed by atoms with Crippen molar-refractivity contribution in [2.75, 3.05) is 0 Å². The highest BCUT2D eigenvalue weighted by molar-refractivity contribution is 7.86. The molecule has 9 nitrogen and oxygen atoms in total. The summed E-state index contributed by atoms with van der Waals surface area (Å²) in [6, 6.07) is 0.469. The zero-order chi connectivity index (χ0) is 14.1. The lowest BCUT2D eigenvalue weighted by atomic mass is 10.3. The van der Waals surface area contributed by atoms with Gasteiger partial charge in [0.25, 0.3) is 20.2 Å². The molecular formula is C7H4O9S2. The second-order valence-electron chi connectivity index (χ2n) is 2.88. The van der Waals surface area contributed by atoms with Crippen molar-refractivity contribution in [3.8, 4) is 11.5 Å². The molecule has 98 valence electrons. The molecule has 0 aliphatic rings. The van der Waals surface area contributed by atoms with E-state index >= 15 is 0 Å². The summed E-state index contributed by atoms with van der Waals surface area (Å²) < 4.78 is 64.6. The van der Waals surface area contributed by atoms with Gasteiger partial charge in [-0.2, -0.15) is 16.8 Å². The lowest BCUT2D eigenvalue weighted by Gasteiger charge is -2.06. The maximum atomic E-state index is 11.2. The first-order valence-electron chi connectivity index (χ1n) is 3.91. The Labute approximate surface area is 101 Å². The van der Waals surface area contributed by atoms with Crippen LogP contribution in [0.15, 0.2) is 21.9 Å². The smallest absolute Gasteiger partial charge is 0.417 e. The van der Waals surface area contributed by atoms with E-state index in [0.717, 1.165) is 6.47 Å². The first-order chi connectivity index (χ1) is 8.07. The molecule has 0 unspecified atom stereocenters. The van der Waals surface area contributed by atoms with Crippen LogP contribution in [0.2, 0.25) is 0 Å². The topological polar surface area (TPSA) is 155 Å². The van der Waals surface area contributed by atoms with E-state index in [0.29, 0.717) is 0 Å². The average Bonchev–Trinajstić information content (AvgIpc) is 2.17. The van der Waals surface area contributed by atoms with Crippen molar-refractivity contribution < 1.29 is 40.6 Å². The molecular weight excluding hydrogens is 292 g/mol. The third kappa shape index (κ3) is 2.95. The zero-order valence-corrected chi connectivity index (χ0v) is 9.86. The molecule has 0 saturated carbocycles. The Morgan fingerprint density at radius 2 is 1.50 bits per heavy atom. The summed E-state index contributed by atoms with van der Waals surface area (Å²) in [5.74, 6) is -2.36. The molecule has 0 fully saturated rings. The minimum atomic E-state index is -4.94. The fourth-order valence-corrected chi connectivity index (χ4v) is 2.23. The van der Waals surface area contributed by atoms with Gasteiger partial charge in [0.2, 0.25) is 5.75 Å². The molecule has 1 aromatic rings. The normalized spacial score (nSPS) is 12.1. The number of benzene rings is 1. The van der Waals surface area contributed by atoms with Crippen LogP contribution in [0.4, 0.5) is 0 Å². The van der Waals surface area contributed by atoms with E-state index in [1.165, 1.54) is 0 Å². The largest absolute Gasteiger partial charge is 0.423 e. The third-order valence-corrected chi connectivity index (χ3v) is 3.47. The van der Waals surface area contributed by atoms with Crippen molar-refractivity contribution in [2.24, 2.45) is 0 Å². The van der Waals surface area contributed by atoms with Gasteiger partial charge in [0.1, 0.15) is 9.79 Å². The van der Waals surface area contributed by atoms with Crippen molar-refractivity contribution in [3.63, 3.8) is 0 Å².